The third kappa shape index (κ3) is 5.27. The van der Waals surface area contributed by atoms with Crippen molar-refractivity contribution in [2.45, 2.75) is 45.3 Å². The Bertz CT molecular complexity index is 466. The monoisotopic (exact) mass is 324 g/mol. The normalized spacial score (nSPS) is 22.7. The van der Waals surface area contributed by atoms with Crippen LogP contribution in [0.25, 0.3) is 0 Å². The number of rotatable bonds is 7. The van der Waals surface area contributed by atoms with E-state index in [0.717, 1.165) is 32.5 Å². The highest BCUT2D eigenvalue weighted by molar-refractivity contribution is 6.15. The van der Waals surface area contributed by atoms with Crippen LogP contribution in [0.15, 0.2) is 30.3 Å². The van der Waals surface area contributed by atoms with E-state index in [0.29, 0.717) is 5.92 Å². The predicted molar refractivity (Wildman–Crippen MR) is 89.6 cm³/mol. The summed E-state index contributed by atoms with van der Waals surface area (Å²) in [5.74, 6) is 0.459. The first-order valence-corrected chi connectivity index (χ1v) is 8.50. The molecule has 3 atom stereocenters. The molecule has 22 heavy (non-hydrogen) atoms. The smallest absolute Gasteiger partial charge is 0.238 e. The van der Waals surface area contributed by atoms with Gasteiger partial charge >= 0.3 is 0 Å². The molecule has 0 saturated carbocycles. The van der Waals surface area contributed by atoms with Gasteiger partial charge < -0.3 is 10.2 Å². The van der Waals surface area contributed by atoms with Crippen molar-refractivity contribution in [2.24, 2.45) is 5.92 Å². The second-order valence-corrected chi connectivity index (χ2v) is 6.87. The van der Waals surface area contributed by atoms with Crippen LogP contribution in [-0.2, 0) is 11.3 Å². The molecular weight excluding hydrogens is 298 g/mol. The number of nitrogens with one attached hydrogen (secondary N) is 3. The van der Waals surface area contributed by atoms with Crippen LogP contribution in [0, 0.1) is 5.92 Å². The molecule has 0 bridgehead atoms. The van der Waals surface area contributed by atoms with Gasteiger partial charge in [-0.2, -0.15) is 0 Å². The minimum Gasteiger partial charge on any atom is -0.346 e. The van der Waals surface area contributed by atoms with Gasteiger partial charge in [0.05, 0.1) is 19.1 Å². The summed E-state index contributed by atoms with van der Waals surface area (Å²) in [6, 6.07) is 10.5. The zero-order chi connectivity index (χ0) is 15.9. The number of carbonyl (C=O) groups is 1. The molecule has 1 aromatic carbocycles. The summed E-state index contributed by atoms with van der Waals surface area (Å²) >= 11 is 5.71. The van der Waals surface area contributed by atoms with Crippen molar-refractivity contribution >= 4 is 17.7 Å². The van der Waals surface area contributed by atoms with Crippen LogP contribution >= 0.6 is 11.8 Å². The summed E-state index contributed by atoms with van der Waals surface area (Å²) in [4.78, 5) is 16.4. The minimum absolute atomic E-state index is 0.0228. The topological polar surface area (TPSA) is 45.6 Å². The fourth-order valence-corrected chi connectivity index (χ4v) is 3.26. The number of quaternary nitrogens is 1. The summed E-state index contributed by atoms with van der Waals surface area (Å²) in [5.41, 5.74) is 1.35. The second kappa shape index (κ2) is 8.51. The van der Waals surface area contributed by atoms with Gasteiger partial charge in [0.15, 0.2) is 0 Å². The Morgan fingerprint density at radius 1 is 1.36 bits per heavy atom. The van der Waals surface area contributed by atoms with E-state index >= 15 is 0 Å². The summed E-state index contributed by atoms with van der Waals surface area (Å²) in [5, 5.41) is 3.14. The number of hydrogen-bond donors (Lipinski definition) is 3. The Morgan fingerprint density at radius 2 is 2.09 bits per heavy atom. The Kier molecular flexibility index (Phi) is 6.68. The lowest BCUT2D eigenvalue weighted by Crippen LogP contribution is -3.09. The molecule has 4 nitrogen and oxygen atoms in total. The van der Waals surface area contributed by atoms with Crippen LogP contribution < -0.4 is 15.1 Å². The van der Waals surface area contributed by atoms with E-state index in [1.807, 2.05) is 6.07 Å². The van der Waals surface area contributed by atoms with E-state index in [9.17, 15) is 4.79 Å². The molecular formula is C17H27ClN3O+. The fourth-order valence-electron chi connectivity index (χ4n) is 3.07. The standard InChI is InChI=1S/C17H26ClN3O/c1-13(2)10-16(20-18)17(22)19-15-8-9-21(12-15)11-14-6-4-3-5-7-14/h3-7,13,15-16,20H,8-12H2,1-2H3,(H,19,22)/p+1. The van der Waals surface area contributed by atoms with Crippen LogP contribution in [0.5, 0.6) is 0 Å². The van der Waals surface area contributed by atoms with Crippen molar-refractivity contribution in [3.05, 3.63) is 35.9 Å². The first-order valence-electron chi connectivity index (χ1n) is 8.12. The van der Waals surface area contributed by atoms with Gasteiger partial charge in [-0.05, 0) is 24.1 Å². The summed E-state index contributed by atoms with van der Waals surface area (Å²) in [6.45, 7) is 7.29. The highest BCUT2D eigenvalue weighted by Crippen LogP contribution is 2.07. The van der Waals surface area contributed by atoms with Crippen molar-refractivity contribution in [1.29, 1.82) is 0 Å². The average molecular weight is 325 g/mol. The van der Waals surface area contributed by atoms with E-state index in [1.165, 1.54) is 10.5 Å². The Labute approximate surface area is 138 Å². The fraction of sp³-hybridized carbons (Fsp3) is 0.588. The molecule has 0 aliphatic carbocycles. The molecule has 1 aliphatic heterocycles. The minimum atomic E-state index is -0.306. The molecule has 1 heterocycles. The molecule has 0 spiro atoms. The molecule has 122 valence electrons. The Balaban J connectivity index is 1.79. The zero-order valence-corrected chi connectivity index (χ0v) is 14.2. The summed E-state index contributed by atoms with van der Waals surface area (Å²) in [6.07, 6.45) is 1.78. The lowest BCUT2D eigenvalue weighted by atomic mass is 10.0. The van der Waals surface area contributed by atoms with E-state index in [-0.39, 0.29) is 18.0 Å². The molecule has 1 saturated heterocycles. The molecule has 1 aliphatic rings. The maximum Gasteiger partial charge on any atom is 0.238 e. The van der Waals surface area contributed by atoms with Crippen LogP contribution in [-0.4, -0.2) is 31.1 Å². The molecule has 0 aromatic heterocycles. The van der Waals surface area contributed by atoms with Gasteiger partial charge in [0, 0.05) is 12.0 Å². The van der Waals surface area contributed by atoms with Gasteiger partial charge in [0.25, 0.3) is 0 Å². The highest BCUT2D eigenvalue weighted by atomic mass is 35.5. The van der Waals surface area contributed by atoms with Crippen molar-refractivity contribution in [1.82, 2.24) is 10.2 Å². The molecule has 5 heteroatoms. The molecule has 1 aromatic rings. The second-order valence-electron chi connectivity index (χ2n) is 6.65. The predicted octanol–water partition coefficient (Wildman–Crippen LogP) is 1.12. The van der Waals surface area contributed by atoms with Gasteiger partial charge in [-0.1, -0.05) is 44.2 Å². The summed E-state index contributed by atoms with van der Waals surface area (Å²) in [7, 11) is 0. The van der Waals surface area contributed by atoms with Gasteiger partial charge in [-0.15, -0.1) is 0 Å². The highest BCUT2D eigenvalue weighted by Gasteiger charge is 2.29. The van der Waals surface area contributed by atoms with Gasteiger partial charge in [-0.3, -0.25) is 4.79 Å². The van der Waals surface area contributed by atoms with E-state index in [1.54, 1.807) is 0 Å². The average Bonchev–Trinajstić information content (AvgIpc) is 2.92. The molecule has 1 amide bonds. The number of hydrogen-bond acceptors (Lipinski definition) is 2. The van der Waals surface area contributed by atoms with E-state index in [4.69, 9.17) is 11.8 Å². The lowest BCUT2D eigenvalue weighted by Gasteiger charge is -2.19. The third-order valence-corrected chi connectivity index (χ3v) is 4.44. The first-order chi connectivity index (χ1) is 10.6. The molecule has 2 rings (SSSR count). The van der Waals surface area contributed by atoms with E-state index < -0.39 is 0 Å². The number of amides is 1. The van der Waals surface area contributed by atoms with Crippen molar-refractivity contribution in [2.75, 3.05) is 13.1 Å². The maximum atomic E-state index is 12.3. The number of benzene rings is 1. The van der Waals surface area contributed by atoms with Crippen LogP contribution in [0.3, 0.4) is 0 Å². The van der Waals surface area contributed by atoms with E-state index in [2.05, 4.69) is 48.3 Å². The van der Waals surface area contributed by atoms with Gasteiger partial charge in [0.1, 0.15) is 12.6 Å². The summed E-state index contributed by atoms with van der Waals surface area (Å²) < 4.78 is 0. The number of carbonyl (C=O) groups excluding carboxylic acids is 1. The Hall–Kier alpha value is -1.10. The van der Waals surface area contributed by atoms with Gasteiger partial charge in [-0.25, -0.2) is 4.84 Å². The van der Waals surface area contributed by atoms with Gasteiger partial charge in [0.2, 0.25) is 5.91 Å². The van der Waals surface area contributed by atoms with Crippen molar-refractivity contribution in [3.8, 4) is 0 Å². The SMILES string of the molecule is CC(C)CC(NCl)C(=O)NC1CC[NH+](Cc2ccccc2)C1. The van der Waals surface area contributed by atoms with Crippen molar-refractivity contribution in [3.63, 3.8) is 0 Å². The first kappa shape index (κ1) is 17.3. The lowest BCUT2D eigenvalue weighted by molar-refractivity contribution is -0.901. The molecule has 0 radical (unpaired) electrons. The zero-order valence-electron chi connectivity index (χ0n) is 13.4. The van der Waals surface area contributed by atoms with Crippen molar-refractivity contribution < 1.29 is 9.69 Å². The number of likely N-dealkylation sites (tertiary alicyclic amines) is 1. The largest absolute Gasteiger partial charge is 0.346 e. The van der Waals surface area contributed by atoms with Crippen LogP contribution in [0.1, 0.15) is 32.3 Å². The molecule has 1 fully saturated rings. The molecule has 3 unspecified atom stereocenters. The molecule has 3 N–H and O–H groups in total. The Morgan fingerprint density at radius 3 is 2.73 bits per heavy atom. The number of halogens is 1. The maximum absolute atomic E-state index is 12.3. The third-order valence-electron chi connectivity index (χ3n) is 4.18. The van der Waals surface area contributed by atoms with Crippen LogP contribution in [0.4, 0.5) is 0 Å². The van der Waals surface area contributed by atoms with Crippen LogP contribution in [0.2, 0.25) is 0 Å². The quantitative estimate of drug-likeness (QED) is 0.658.